The molecule has 0 bridgehead atoms. The summed E-state index contributed by atoms with van der Waals surface area (Å²) in [4.78, 5) is 24.8. The highest BCUT2D eigenvalue weighted by Gasteiger charge is 2.21. The highest BCUT2D eigenvalue weighted by atomic mass is 16.6. The van der Waals surface area contributed by atoms with Crippen molar-refractivity contribution in [2.45, 2.75) is 0 Å². The van der Waals surface area contributed by atoms with Crippen LogP contribution in [-0.2, 0) is 0 Å². The minimum absolute atomic E-state index is 0.0527. The van der Waals surface area contributed by atoms with Crippen molar-refractivity contribution in [1.29, 1.82) is 5.26 Å². The third-order valence-electron chi connectivity index (χ3n) is 4.36. The molecule has 0 aliphatic carbocycles. The zero-order chi connectivity index (χ0) is 18.7. The van der Waals surface area contributed by atoms with Gasteiger partial charge in [0.05, 0.1) is 21.1 Å². The van der Waals surface area contributed by atoms with E-state index in [1.807, 2.05) is 11.0 Å². The number of benzene rings is 2. The fourth-order valence-corrected chi connectivity index (χ4v) is 2.99. The highest BCUT2D eigenvalue weighted by Crippen LogP contribution is 2.27. The van der Waals surface area contributed by atoms with Crippen molar-refractivity contribution in [1.82, 2.24) is 0 Å². The number of nitriles is 1. The molecule has 0 atom stereocenters. The molecule has 1 fully saturated rings. The average molecular weight is 353 g/mol. The molecule has 0 unspecified atom stereocenters. The van der Waals surface area contributed by atoms with Crippen LogP contribution in [0.4, 0.5) is 22.7 Å². The lowest BCUT2D eigenvalue weighted by Gasteiger charge is -2.37. The predicted molar refractivity (Wildman–Crippen MR) is 95.3 cm³/mol. The van der Waals surface area contributed by atoms with Gasteiger partial charge in [0.2, 0.25) is 0 Å². The number of anilines is 2. The maximum atomic E-state index is 10.9. The van der Waals surface area contributed by atoms with Crippen LogP contribution in [0.25, 0.3) is 0 Å². The summed E-state index contributed by atoms with van der Waals surface area (Å²) in [5.41, 5.74) is 1.82. The van der Waals surface area contributed by atoms with E-state index in [1.54, 1.807) is 18.2 Å². The number of nitro benzene ring substituents is 2. The van der Waals surface area contributed by atoms with Gasteiger partial charge in [-0.2, -0.15) is 5.26 Å². The van der Waals surface area contributed by atoms with Crippen molar-refractivity contribution >= 4 is 22.7 Å². The Balaban J connectivity index is 1.71. The lowest BCUT2D eigenvalue weighted by molar-refractivity contribution is -0.385. The molecular weight excluding hydrogens is 338 g/mol. The van der Waals surface area contributed by atoms with Crippen molar-refractivity contribution in [2.75, 3.05) is 36.0 Å². The normalized spacial score (nSPS) is 14.0. The lowest BCUT2D eigenvalue weighted by Crippen LogP contribution is -2.46. The Hall–Kier alpha value is -3.67. The molecule has 0 spiro atoms. The van der Waals surface area contributed by atoms with Gasteiger partial charge in [-0.1, -0.05) is 0 Å². The first-order valence-electron chi connectivity index (χ1n) is 7.92. The SMILES string of the molecule is N#Cc1cc([N+](=O)[O-])ccc1N1CCN(c2ccc([N+](=O)[O-])cc2)CC1. The summed E-state index contributed by atoms with van der Waals surface area (Å²) in [6.45, 7) is 2.65. The molecule has 0 saturated carbocycles. The smallest absolute Gasteiger partial charge is 0.270 e. The second kappa shape index (κ2) is 7.06. The Morgan fingerprint density at radius 1 is 0.846 bits per heavy atom. The molecule has 2 aromatic rings. The van der Waals surface area contributed by atoms with Crippen molar-refractivity contribution in [2.24, 2.45) is 0 Å². The zero-order valence-corrected chi connectivity index (χ0v) is 13.7. The van der Waals surface area contributed by atoms with Gasteiger partial charge in [-0.15, -0.1) is 0 Å². The Morgan fingerprint density at radius 3 is 1.92 bits per heavy atom. The van der Waals surface area contributed by atoms with Gasteiger partial charge in [-0.25, -0.2) is 0 Å². The van der Waals surface area contributed by atoms with E-state index in [0.717, 1.165) is 5.69 Å². The Labute approximate surface area is 149 Å². The van der Waals surface area contributed by atoms with Crippen molar-refractivity contribution in [3.63, 3.8) is 0 Å². The minimum atomic E-state index is -0.517. The topological polar surface area (TPSA) is 117 Å². The molecule has 3 rings (SSSR count). The first-order chi connectivity index (χ1) is 12.5. The van der Waals surface area contributed by atoms with Gasteiger partial charge in [0, 0.05) is 56.1 Å². The molecule has 9 nitrogen and oxygen atoms in total. The van der Waals surface area contributed by atoms with Crippen LogP contribution in [0.5, 0.6) is 0 Å². The molecular formula is C17H15N5O4. The van der Waals surface area contributed by atoms with E-state index < -0.39 is 9.85 Å². The van der Waals surface area contributed by atoms with Gasteiger partial charge in [0.1, 0.15) is 6.07 Å². The number of nitrogens with zero attached hydrogens (tertiary/aromatic N) is 5. The van der Waals surface area contributed by atoms with E-state index in [2.05, 4.69) is 4.90 Å². The van der Waals surface area contributed by atoms with E-state index in [1.165, 1.54) is 24.3 Å². The maximum Gasteiger partial charge on any atom is 0.270 e. The predicted octanol–water partition coefficient (Wildman–Crippen LogP) is 2.70. The van der Waals surface area contributed by atoms with Crippen LogP contribution in [0, 0.1) is 31.6 Å². The van der Waals surface area contributed by atoms with E-state index in [-0.39, 0.29) is 16.9 Å². The third-order valence-corrected chi connectivity index (χ3v) is 4.36. The number of rotatable bonds is 4. The highest BCUT2D eigenvalue weighted by molar-refractivity contribution is 5.64. The van der Waals surface area contributed by atoms with Crippen LogP contribution in [0.2, 0.25) is 0 Å². The zero-order valence-electron chi connectivity index (χ0n) is 13.7. The molecule has 0 radical (unpaired) electrons. The molecule has 1 heterocycles. The van der Waals surface area contributed by atoms with Crippen molar-refractivity contribution < 1.29 is 9.85 Å². The van der Waals surface area contributed by atoms with E-state index >= 15 is 0 Å². The van der Waals surface area contributed by atoms with Crippen LogP contribution in [0.1, 0.15) is 5.56 Å². The molecule has 1 saturated heterocycles. The third kappa shape index (κ3) is 3.39. The van der Waals surface area contributed by atoms with E-state index in [4.69, 9.17) is 0 Å². The molecule has 26 heavy (non-hydrogen) atoms. The molecule has 132 valence electrons. The van der Waals surface area contributed by atoms with Crippen molar-refractivity contribution in [3.8, 4) is 6.07 Å². The van der Waals surface area contributed by atoms with E-state index in [0.29, 0.717) is 31.9 Å². The van der Waals surface area contributed by atoms with Gasteiger partial charge < -0.3 is 9.80 Å². The maximum absolute atomic E-state index is 10.9. The first kappa shape index (κ1) is 17.2. The van der Waals surface area contributed by atoms with Crippen LogP contribution in [-0.4, -0.2) is 36.0 Å². The Morgan fingerprint density at radius 2 is 1.38 bits per heavy atom. The number of hydrogen-bond donors (Lipinski definition) is 0. The van der Waals surface area contributed by atoms with Gasteiger partial charge in [-0.3, -0.25) is 20.2 Å². The van der Waals surface area contributed by atoms with Crippen LogP contribution in [0.15, 0.2) is 42.5 Å². The van der Waals surface area contributed by atoms with Gasteiger partial charge in [-0.05, 0) is 18.2 Å². The molecule has 0 aromatic heterocycles. The summed E-state index contributed by atoms with van der Waals surface area (Å²) >= 11 is 0. The summed E-state index contributed by atoms with van der Waals surface area (Å²) in [6.07, 6.45) is 0. The first-order valence-corrected chi connectivity index (χ1v) is 7.92. The van der Waals surface area contributed by atoms with Crippen LogP contribution in [0.3, 0.4) is 0 Å². The summed E-state index contributed by atoms with van der Waals surface area (Å²) in [5.74, 6) is 0. The van der Waals surface area contributed by atoms with Gasteiger partial charge in [0.25, 0.3) is 11.4 Å². The number of hydrogen-bond acceptors (Lipinski definition) is 7. The fourth-order valence-electron chi connectivity index (χ4n) is 2.99. The molecule has 0 N–H and O–H groups in total. The second-order valence-corrected chi connectivity index (χ2v) is 5.82. The molecule has 2 aromatic carbocycles. The lowest BCUT2D eigenvalue weighted by atomic mass is 10.1. The molecule has 0 amide bonds. The monoisotopic (exact) mass is 353 g/mol. The average Bonchev–Trinajstić information content (AvgIpc) is 2.67. The summed E-state index contributed by atoms with van der Waals surface area (Å²) in [6, 6.07) is 12.7. The molecule has 9 heteroatoms. The summed E-state index contributed by atoms with van der Waals surface area (Å²) < 4.78 is 0. The van der Waals surface area contributed by atoms with Crippen molar-refractivity contribution in [3.05, 3.63) is 68.3 Å². The van der Waals surface area contributed by atoms with Crippen LogP contribution >= 0.6 is 0 Å². The number of non-ortho nitro benzene ring substituents is 2. The summed E-state index contributed by atoms with van der Waals surface area (Å²) in [5, 5.41) is 30.9. The minimum Gasteiger partial charge on any atom is -0.368 e. The molecule has 1 aliphatic heterocycles. The number of nitro groups is 2. The largest absolute Gasteiger partial charge is 0.368 e. The Kier molecular flexibility index (Phi) is 4.66. The quantitative estimate of drug-likeness (QED) is 0.612. The van der Waals surface area contributed by atoms with Crippen LogP contribution < -0.4 is 9.80 Å². The number of piperazine rings is 1. The van der Waals surface area contributed by atoms with E-state index in [9.17, 15) is 25.5 Å². The molecule has 1 aliphatic rings. The second-order valence-electron chi connectivity index (χ2n) is 5.82. The summed E-state index contributed by atoms with van der Waals surface area (Å²) in [7, 11) is 0. The van der Waals surface area contributed by atoms with Gasteiger partial charge >= 0.3 is 0 Å². The van der Waals surface area contributed by atoms with Gasteiger partial charge in [0.15, 0.2) is 0 Å². The standard InChI is InChI=1S/C17H15N5O4/c18-12-13-11-16(22(25)26)5-6-17(13)20-9-7-19(8-10-20)14-1-3-15(4-2-14)21(23)24/h1-6,11H,7-10H2. The Bertz CT molecular complexity index is 883. The fraction of sp³-hybridized carbons (Fsp3) is 0.235.